The molecule has 7 nitrogen and oxygen atoms in total. The van der Waals surface area contributed by atoms with Gasteiger partial charge in [-0.25, -0.2) is 9.67 Å². The Morgan fingerprint density at radius 3 is 2.62 bits per heavy atom. The Balaban J connectivity index is 2.34. The summed E-state index contributed by atoms with van der Waals surface area (Å²) >= 11 is 0. The number of aromatic nitrogens is 3. The summed E-state index contributed by atoms with van der Waals surface area (Å²) in [5.41, 5.74) is 1.92. The van der Waals surface area contributed by atoms with Crippen molar-refractivity contribution < 1.29 is 9.59 Å². The number of aryl methyl sites for hydroxylation is 1. The third kappa shape index (κ3) is 3.55. The highest BCUT2D eigenvalue weighted by Crippen LogP contribution is 2.20. The first kappa shape index (κ1) is 17.9. The minimum absolute atomic E-state index is 0.0475. The number of likely N-dealkylation sites (N-methyl/N-ethyl adjacent to an activating group) is 2. The maximum atomic E-state index is 12.8. The molecule has 0 saturated heterocycles. The molecule has 0 bridgehead atoms. The number of nitrogens with zero attached hydrogens (tertiary/aromatic N) is 4. The Morgan fingerprint density at radius 1 is 1.33 bits per heavy atom. The van der Waals surface area contributed by atoms with Gasteiger partial charge in [-0.3, -0.25) is 9.59 Å². The lowest BCUT2D eigenvalue weighted by Crippen LogP contribution is -2.40. The van der Waals surface area contributed by atoms with E-state index in [1.54, 1.807) is 6.20 Å². The molecule has 0 unspecified atom stereocenters. The van der Waals surface area contributed by atoms with Crippen LogP contribution >= 0.6 is 0 Å². The molecule has 0 aliphatic heterocycles. The lowest BCUT2D eigenvalue weighted by atomic mass is 10.1. The van der Waals surface area contributed by atoms with Gasteiger partial charge in [-0.05, 0) is 40.7 Å². The largest absolute Gasteiger partial charge is 0.355 e. The van der Waals surface area contributed by atoms with Gasteiger partial charge in [0.25, 0.3) is 5.91 Å². The number of carbonyl (C=O) groups excluding carboxylic acids is 2. The fraction of sp³-hybridized carbons (Fsp3) is 0.529. The van der Waals surface area contributed by atoms with Crippen LogP contribution in [0.3, 0.4) is 0 Å². The van der Waals surface area contributed by atoms with E-state index in [9.17, 15) is 9.59 Å². The highest BCUT2D eigenvalue weighted by Gasteiger charge is 2.21. The first-order chi connectivity index (χ1) is 11.4. The van der Waals surface area contributed by atoms with Gasteiger partial charge in [0.15, 0.2) is 5.65 Å². The van der Waals surface area contributed by atoms with Crippen LogP contribution in [0.15, 0.2) is 12.3 Å². The quantitative estimate of drug-likeness (QED) is 0.877. The number of fused-ring (bicyclic) bond motifs is 1. The second-order valence-corrected chi connectivity index (χ2v) is 5.99. The zero-order valence-corrected chi connectivity index (χ0v) is 15.0. The van der Waals surface area contributed by atoms with E-state index in [2.05, 4.69) is 15.4 Å². The van der Waals surface area contributed by atoms with Crippen molar-refractivity contribution in [2.45, 2.75) is 40.7 Å². The summed E-state index contributed by atoms with van der Waals surface area (Å²) in [6.45, 7) is 10.6. The summed E-state index contributed by atoms with van der Waals surface area (Å²) in [5.74, 6) is -0.347. The summed E-state index contributed by atoms with van der Waals surface area (Å²) in [6, 6.07) is 2.01. The third-order valence-corrected chi connectivity index (χ3v) is 3.86. The first-order valence-electron chi connectivity index (χ1n) is 8.29. The number of carbonyl (C=O) groups is 2. The molecule has 2 aromatic heterocycles. The smallest absolute Gasteiger partial charge is 0.256 e. The molecule has 0 fully saturated rings. The molecule has 1 N–H and O–H groups in total. The molecule has 0 aliphatic rings. The minimum Gasteiger partial charge on any atom is -0.355 e. The number of hydrogen-bond acceptors (Lipinski definition) is 4. The van der Waals surface area contributed by atoms with Crippen molar-refractivity contribution in [2.24, 2.45) is 0 Å². The predicted octanol–water partition coefficient (Wildman–Crippen LogP) is 1.92. The van der Waals surface area contributed by atoms with Crippen molar-refractivity contribution >= 4 is 22.8 Å². The molecule has 24 heavy (non-hydrogen) atoms. The van der Waals surface area contributed by atoms with E-state index in [1.807, 2.05) is 45.4 Å². The monoisotopic (exact) mass is 331 g/mol. The molecular formula is C17H25N5O2. The molecule has 2 rings (SSSR count). The van der Waals surface area contributed by atoms with Crippen LogP contribution in [-0.4, -0.2) is 51.1 Å². The minimum atomic E-state index is -0.187. The van der Waals surface area contributed by atoms with Crippen molar-refractivity contribution in [2.75, 3.05) is 19.6 Å². The molecule has 130 valence electrons. The van der Waals surface area contributed by atoms with E-state index in [0.29, 0.717) is 24.3 Å². The van der Waals surface area contributed by atoms with Gasteiger partial charge in [0, 0.05) is 24.5 Å². The lowest BCUT2D eigenvalue weighted by molar-refractivity contribution is -0.121. The van der Waals surface area contributed by atoms with Crippen molar-refractivity contribution in [1.29, 1.82) is 0 Å². The van der Waals surface area contributed by atoms with Crippen molar-refractivity contribution in [1.82, 2.24) is 25.0 Å². The molecule has 7 heteroatoms. The van der Waals surface area contributed by atoms with Gasteiger partial charge in [-0.2, -0.15) is 5.10 Å². The van der Waals surface area contributed by atoms with E-state index >= 15 is 0 Å². The maximum absolute atomic E-state index is 12.8. The maximum Gasteiger partial charge on any atom is 0.256 e. The van der Waals surface area contributed by atoms with Crippen LogP contribution in [0.4, 0.5) is 0 Å². The Bertz CT molecular complexity index is 751. The van der Waals surface area contributed by atoms with Gasteiger partial charge in [0.1, 0.15) is 0 Å². The van der Waals surface area contributed by atoms with Crippen LogP contribution in [0.5, 0.6) is 0 Å². The number of pyridine rings is 1. The Kier molecular flexibility index (Phi) is 5.54. The van der Waals surface area contributed by atoms with Gasteiger partial charge < -0.3 is 10.2 Å². The van der Waals surface area contributed by atoms with E-state index < -0.39 is 0 Å². The summed E-state index contributed by atoms with van der Waals surface area (Å²) < 4.78 is 1.84. The fourth-order valence-corrected chi connectivity index (χ4v) is 2.58. The van der Waals surface area contributed by atoms with Gasteiger partial charge in [-0.15, -0.1) is 0 Å². The molecule has 2 amide bonds. The van der Waals surface area contributed by atoms with Crippen LogP contribution < -0.4 is 5.32 Å². The van der Waals surface area contributed by atoms with Gasteiger partial charge in [-0.1, -0.05) is 0 Å². The van der Waals surface area contributed by atoms with E-state index in [-0.39, 0.29) is 24.4 Å². The summed E-state index contributed by atoms with van der Waals surface area (Å²) in [5, 5.41) is 7.88. The normalized spacial score (nSPS) is 11.1. The molecule has 2 heterocycles. The summed E-state index contributed by atoms with van der Waals surface area (Å²) in [4.78, 5) is 30.7. The fourth-order valence-electron chi connectivity index (χ4n) is 2.58. The SMILES string of the molecule is CCNC(=O)CN(CC)C(=O)c1cc2cnn(C(C)C)c2nc1C. The van der Waals surface area contributed by atoms with Gasteiger partial charge >= 0.3 is 0 Å². The van der Waals surface area contributed by atoms with Gasteiger partial charge in [0.05, 0.1) is 24.0 Å². The molecule has 0 radical (unpaired) electrons. The summed E-state index contributed by atoms with van der Waals surface area (Å²) in [7, 11) is 0. The van der Waals surface area contributed by atoms with Gasteiger partial charge in [0.2, 0.25) is 5.91 Å². The van der Waals surface area contributed by atoms with Crippen molar-refractivity contribution in [3.63, 3.8) is 0 Å². The first-order valence-corrected chi connectivity index (χ1v) is 8.29. The average Bonchev–Trinajstić information content (AvgIpc) is 2.94. The highest BCUT2D eigenvalue weighted by atomic mass is 16.2. The van der Waals surface area contributed by atoms with E-state index in [4.69, 9.17) is 0 Å². The van der Waals surface area contributed by atoms with Crippen molar-refractivity contribution in [3.05, 3.63) is 23.5 Å². The van der Waals surface area contributed by atoms with Crippen LogP contribution in [0.25, 0.3) is 11.0 Å². The molecule has 0 atom stereocenters. The predicted molar refractivity (Wildman–Crippen MR) is 92.9 cm³/mol. The number of rotatable bonds is 6. The van der Waals surface area contributed by atoms with E-state index in [0.717, 1.165) is 11.0 Å². The van der Waals surface area contributed by atoms with Crippen LogP contribution in [0, 0.1) is 6.92 Å². The van der Waals surface area contributed by atoms with Crippen LogP contribution in [0.1, 0.15) is 49.8 Å². The van der Waals surface area contributed by atoms with E-state index in [1.165, 1.54) is 4.90 Å². The Morgan fingerprint density at radius 2 is 2.04 bits per heavy atom. The highest BCUT2D eigenvalue weighted by molar-refractivity contribution is 5.99. The standard InChI is InChI=1S/C17H25N5O2/c1-6-18-15(23)10-21(7-2)17(24)14-8-13-9-19-22(11(3)4)16(13)20-12(14)5/h8-9,11H,6-7,10H2,1-5H3,(H,18,23). The number of nitrogens with one attached hydrogen (secondary N) is 1. The van der Waals surface area contributed by atoms with Crippen LogP contribution in [0.2, 0.25) is 0 Å². The Labute approximate surface area is 142 Å². The molecule has 0 aromatic carbocycles. The molecule has 0 aliphatic carbocycles. The Hall–Kier alpha value is -2.44. The molecule has 2 aromatic rings. The van der Waals surface area contributed by atoms with Crippen LogP contribution in [-0.2, 0) is 4.79 Å². The molecule has 0 spiro atoms. The zero-order valence-electron chi connectivity index (χ0n) is 15.0. The second-order valence-electron chi connectivity index (χ2n) is 5.99. The number of hydrogen-bond donors (Lipinski definition) is 1. The number of amides is 2. The lowest BCUT2D eigenvalue weighted by Gasteiger charge is -2.21. The summed E-state index contributed by atoms with van der Waals surface area (Å²) in [6.07, 6.45) is 1.72. The zero-order chi connectivity index (χ0) is 17.9. The van der Waals surface area contributed by atoms with Crippen molar-refractivity contribution in [3.8, 4) is 0 Å². The molecule has 0 saturated carbocycles. The average molecular weight is 331 g/mol. The molecular weight excluding hydrogens is 306 g/mol. The third-order valence-electron chi connectivity index (χ3n) is 3.86. The second kappa shape index (κ2) is 7.42. The topological polar surface area (TPSA) is 80.1 Å².